The Hall–Kier alpha value is -0.620. The number of rotatable bonds is 3. The van der Waals surface area contributed by atoms with Crippen molar-refractivity contribution in [2.45, 2.75) is 46.1 Å². The number of aliphatic imine (C=N–C) groups is 2. The monoisotopic (exact) mass is 154 g/mol. The second-order valence-electron chi connectivity index (χ2n) is 3.62. The average molecular weight is 154 g/mol. The Morgan fingerprint density at radius 1 is 1.27 bits per heavy atom. The van der Waals surface area contributed by atoms with Crippen molar-refractivity contribution in [1.29, 1.82) is 0 Å². The Labute approximate surface area is 69.4 Å². The minimum absolute atomic E-state index is 0.0320. The summed E-state index contributed by atoms with van der Waals surface area (Å²) in [4.78, 5) is 8.14. The van der Waals surface area contributed by atoms with Crippen LogP contribution in [0.4, 0.5) is 0 Å². The van der Waals surface area contributed by atoms with E-state index in [9.17, 15) is 0 Å². The van der Waals surface area contributed by atoms with Crippen molar-refractivity contribution < 1.29 is 0 Å². The third kappa shape index (κ3) is 9.38. The van der Waals surface area contributed by atoms with Crippen molar-refractivity contribution in [2.24, 2.45) is 9.98 Å². The maximum atomic E-state index is 4.11. The number of nitrogens with zero attached hydrogens (tertiary/aromatic N) is 2. The van der Waals surface area contributed by atoms with E-state index in [1.165, 1.54) is 6.42 Å². The summed E-state index contributed by atoms with van der Waals surface area (Å²) in [6.45, 7) is 9.12. The van der Waals surface area contributed by atoms with Crippen LogP contribution in [0.25, 0.3) is 0 Å². The zero-order valence-corrected chi connectivity index (χ0v) is 8.02. The van der Waals surface area contributed by atoms with Gasteiger partial charge in [0.2, 0.25) is 0 Å². The smallest absolute Gasteiger partial charge is 0.0898 e. The van der Waals surface area contributed by atoms with Crippen molar-refractivity contribution >= 4 is 6.01 Å². The van der Waals surface area contributed by atoms with E-state index >= 15 is 0 Å². The highest BCUT2D eigenvalue weighted by molar-refractivity contribution is 5.42. The summed E-state index contributed by atoms with van der Waals surface area (Å²) in [5, 5.41) is 0. The van der Waals surface area contributed by atoms with Gasteiger partial charge in [0.1, 0.15) is 0 Å². The van der Waals surface area contributed by atoms with E-state index in [1.54, 1.807) is 0 Å². The minimum atomic E-state index is -0.0320. The minimum Gasteiger partial charge on any atom is -0.226 e. The lowest BCUT2D eigenvalue weighted by Crippen LogP contribution is -2.08. The standard InChI is InChI=1S/C9H18N2/c1-5-6-7-10-8-11-9(2,3)4/h5-7H2,1-4H3. The van der Waals surface area contributed by atoms with Gasteiger partial charge in [-0.05, 0) is 27.2 Å². The van der Waals surface area contributed by atoms with Crippen LogP contribution < -0.4 is 0 Å². The molecule has 0 fully saturated rings. The fraction of sp³-hybridized carbons (Fsp3) is 0.889. The molecule has 64 valence electrons. The number of hydrogen-bond donors (Lipinski definition) is 0. The molecule has 0 rings (SSSR count). The van der Waals surface area contributed by atoms with E-state index in [1.807, 2.05) is 20.8 Å². The molecular weight excluding hydrogens is 136 g/mol. The van der Waals surface area contributed by atoms with Crippen molar-refractivity contribution in [3.8, 4) is 0 Å². The molecule has 0 saturated carbocycles. The Bertz CT molecular complexity index is 147. The molecule has 0 aliphatic carbocycles. The van der Waals surface area contributed by atoms with Gasteiger partial charge in [0.25, 0.3) is 0 Å². The lowest BCUT2D eigenvalue weighted by molar-refractivity contribution is 0.586. The molecule has 0 atom stereocenters. The van der Waals surface area contributed by atoms with E-state index in [2.05, 4.69) is 22.9 Å². The summed E-state index contributed by atoms with van der Waals surface area (Å²) < 4.78 is 0. The molecule has 0 saturated heterocycles. The van der Waals surface area contributed by atoms with Gasteiger partial charge in [-0.2, -0.15) is 0 Å². The lowest BCUT2D eigenvalue weighted by Gasteiger charge is -2.06. The van der Waals surface area contributed by atoms with Crippen LogP contribution in [-0.4, -0.2) is 18.1 Å². The molecule has 0 unspecified atom stereocenters. The summed E-state index contributed by atoms with van der Waals surface area (Å²) in [5.41, 5.74) is -0.0320. The molecular formula is C9H18N2. The summed E-state index contributed by atoms with van der Waals surface area (Å²) in [5.74, 6) is 0. The normalized spacial score (nSPS) is 10.5. The third-order valence-corrected chi connectivity index (χ3v) is 1.08. The lowest BCUT2D eigenvalue weighted by atomic mass is 10.1. The molecule has 0 aromatic carbocycles. The Balaban J connectivity index is 3.64. The van der Waals surface area contributed by atoms with Crippen molar-refractivity contribution in [1.82, 2.24) is 0 Å². The van der Waals surface area contributed by atoms with Crippen LogP contribution >= 0.6 is 0 Å². The fourth-order valence-corrected chi connectivity index (χ4v) is 0.473. The van der Waals surface area contributed by atoms with Crippen molar-refractivity contribution in [2.75, 3.05) is 6.54 Å². The summed E-state index contributed by atoms with van der Waals surface area (Å²) >= 11 is 0. The van der Waals surface area contributed by atoms with Gasteiger partial charge in [0.15, 0.2) is 0 Å². The van der Waals surface area contributed by atoms with E-state index in [4.69, 9.17) is 0 Å². The molecule has 0 amide bonds. The quantitative estimate of drug-likeness (QED) is 0.441. The molecule has 0 aliphatic heterocycles. The van der Waals surface area contributed by atoms with Gasteiger partial charge < -0.3 is 0 Å². The molecule has 0 aliphatic rings. The molecule has 11 heavy (non-hydrogen) atoms. The summed E-state index contributed by atoms with van der Waals surface area (Å²) in [7, 11) is 0. The van der Waals surface area contributed by atoms with Gasteiger partial charge in [0.05, 0.1) is 11.5 Å². The molecule has 0 bridgehead atoms. The zero-order valence-electron chi connectivity index (χ0n) is 8.02. The van der Waals surface area contributed by atoms with Crippen LogP contribution in [0.3, 0.4) is 0 Å². The maximum absolute atomic E-state index is 4.11. The van der Waals surface area contributed by atoms with Gasteiger partial charge in [0, 0.05) is 6.54 Å². The molecule has 0 aromatic heterocycles. The highest BCUT2D eigenvalue weighted by atomic mass is 14.9. The second kappa shape index (κ2) is 5.09. The molecule has 0 spiro atoms. The van der Waals surface area contributed by atoms with Gasteiger partial charge in [-0.25, -0.2) is 9.98 Å². The van der Waals surface area contributed by atoms with Crippen LogP contribution in [0.15, 0.2) is 9.98 Å². The zero-order chi connectivity index (χ0) is 8.74. The van der Waals surface area contributed by atoms with E-state index in [0.29, 0.717) is 0 Å². The average Bonchev–Trinajstić information content (AvgIpc) is 1.85. The highest BCUT2D eigenvalue weighted by Crippen LogP contribution is 2.03. The number of hydrogen-bond acceptors (Lipinski definition) is 2. The van der Waals surface area contributed by atoms with E-state index < -0.39 is 0 Å². The Morgan fingerprint density at radius 3 is 2.36 bits per heavy atom. The van der Waals surface area contributed by atoms with Crippen LogP contribution in [0.5, 0.6) is 0 Å². The first-order chi connectivity index (χ1) is 5.06. The van der Waals surface area contributed by atoms with Crippen LogP contribution in [0.2, 0.25) is 0 Å². The van der Waals surface area contributed by atoms with Gasteiger partial charge in [-0.1, -0.05) is 13.3 Å². The summed E-state index contributed by atoms with van der Waals surface area (Å²) in [6, 6.07) is 2.71. The molecule has 0 aromatic rings. The van der Waals surface area contributed by atoms with Gasteiger partial charge >= 0.3 is 0 Å². The van der Waals surface area contributed by atoms with Gasteiger partial charge in [-0.15, -0.1) is 0 Å². The van der Waals surface area contributed by atoms with Crippen LogP contribution in [-0.2, 0) is 0 Å². The van der Waals surface area contributed by atoms with Crippen molar-refractivity contribution in [3.63, 3.8) is 0 Å². The number of unbranched alkanes of at least 4 members (excludes halogenated alkanes) is 1. The SMILES string of the molecule is CCCCN=C=NC(C)(C)C. The van der Waals surface area contributed by atoms with Crippen LogP contribution in [0.1, 0.15) is 40.5 Å². The van der Waals surface area contributed by atoms with Crippen molar-refractivity contribution in [3.05, 3.63) is 0 Å². The second-order valence-corrected chi connectivity index (χ2v) is 3.62. The fourth-order valence-electron chi connectivity index (χ4n) is 0.473. The van der Waals surface area contributed by atoms with E-state index in [-0.39, 0.29) is 5.54 Å². The molecule has 0 radical (unpaired) electrons. The Morgan fingerprint density at radius 2 is 1.91 bits per heavy atom. The van der Waals surface area contributed by atoms with Crippen LogP contribution in [0, 0.1) is 0 Å². The molecule has 0 heterocycles. The first kappa shape index (κ1) is 10.4. The van der Waals surface area contributed by atoms with Gasteiger partial charge in [-0.3, -0.25) is 0 Å². The highest BCUT2D eigenvalue weighted by Gasteiger charge is 2.03. The Kier molecular flexibility index (Phi) is 4.80. The molecule has 0 N–H and O–H groups in total. The topological polar surface area (TPSA) is 24.7 Å². The predicted molar refractivity (Wildman–Crippen MR) is 49.4 cm³/mol. The molecule has 2 nitrogen and oxygen atoms in total. The predicted octanol–water partition coefficient (Wildman–Crippen LogP) is 2.76. The molecule has 2 heteroatoms. The largest absolute Gasteiger partial charge is 0.226 e. The first-order valence-corrected chi connectivity index (χ1v) is 4.19. The first-order valence-electron chi connectivity index (χ1n) is 4.19. The summed E-state index contributed by atoms with van der Waals surface area (Å²) in [6.07, 6.45) is 2.31. The van der Waals surface area contributed by atoms with E-state index in [0.717, 1.165) is 13.0 Å². The third-order valence-electron chi connectivity index (χ3n) is 1.08. The maximum Gasteiger partial charge on any atom is 0.0898 e.